The Labute approximate surface area is 131 Å². The number of aromatic nitrogens is 1. The molecule has 2 aromatic rings. The summed E-state index contributed by atoms with van der Waals surface area (Å²) in [4.78, 5) is 23.1. The van der Waals surface area contributed by atoms with Crippen molar-refractivity contribution in [1.82, 2.24) is 5.16 Å². The molecule has 0 aliphatic heterocycles. The molecule has 0 aliphatic carbocycles. The molecule has 0 saturated heterocycles. The van der Waals surface area contributed by atoms with Gasteiger partial charge in [-0.2, -0.15) is 0 Å². The van der Waals surface area contributed by atoms with Gasteiger partial charge in [0.25, 0.3) is 5.91 Å². The average molecular weight is 321 g/mol. The van der Waals surface area contributed by atoms with E-state index in [-0.39, 0.29) is 5.82 Å². The number of esters is 1. The lowest BCUT2D eigenvalue weighted by Crippen LogP contribution is -2.20. The Kier molecular flexibility index (Phi) is 5.32. The molecule has 0 unspecified atom stereocenters. The average Bonchev–Trinajstić information content (AvgIpc) is 2.89. The quantitative estimate of drug-likeness (QED) is 0.676. The van der Waals surface area contributed by atoms with Crippen molar-refractivity contribution in [3.63, 3.8) is 0 Å². The highest BCUT2D eigenvalue weighted by molar-refractivity contribution is 6.32. The summed E-state index contributed by atoms with van der Waals surface area (Å²) < 4.78 is 9.60. The molecule has 1 N–H and O–H groups in total. The van der Waals surface area contributed by atoms with E-state index in [4.69, 9.17) is 20.9 Å². The van der Waals surface area contributed by atoms with Gasteiger partial charge in [0.2, 0.25) is 0 Å². The van der Waals surface area contributed by atoms with Crippen LogP contribution >= 0.6 is 11.6 Å². The fourth-order valence-corrected chi connectivity index (χ4v) is 1.76. The van der Waals surface area contributed by atoms with Gasteiger partial charge in [0.15, 0.2) is 12.4 Å². The van der Waals surface area contributed by atoms with Gasteiger partial charge in [0.1, 0.15) is 5.76 Å². The van der Waals surface area contributed by atoms with E-state index in [0.717, 1.165) is 0 Å². The van der Waals surface area contributed by atoms with Crippen molar-refractivity contribution in [2.75, 3.05) is 11.9 Å². The van der Waals surface area contributed by atoms with Crippen molar-refractivity contribution >= 4 is 35.4 Å². The normalized spacial score (nSPS) is 10.6. The largest absolute Gasteiger partial charge is 0.452 e. The Hall–Kier alpha value is -2.60. The fourth-order valence-electron chi connectivity index (χ4n) is 1.56. The molecule has 114 valence electrons. The van der Waals surface area contributed by atoms with Crippen molar-refractivity contribution in [3.8, 4) is 0 Å². The molecule has 22 heavy (non-hydrogen) atoms. The number of benzene rings is 1. The SMILES string of the molecule is Cc1cc(NC(=O)COC(=O)/C=C/c2ccccc2Cl)no1. The first kappa shape index (κ1) is 15.8. The molecule has 0 atom stereocenters. The maximum Gasteiger partial charge on any atom is 0.331 e. The molecule has 0 saturated carbocycles. The number of amides is 1. The first-order chi connectivity index (χ1) is 10.5. The predicted octanol–water partition coefficient (Wildman–Crippen LogP) is 2.83. The first-order valence-corrected chi connectivity index (χ1v) is 6.75. The highest BCUT2D eigenvalue weighted by Gasteiger charge is 2.08. The topological polar surface area (TPSA) is 81.4 Å². The zero-order valence-corrected chi connectivity index (χ0v) is 12.5. The maximum absolute atomic E-state index is 11.5. The van der Waals surface area contributed by atoms with E-state index in [2.05, 4.69) is 10.5 Å². The lowest BCUT2D eigenvalue weighted by molar-refractivity contribution is -0.142. The van der Waals surface area contributed by atoms with E-state index in [1.807, 2.05) is 0 Å². The number of aryl methyl sites for hydroxylation is 1. The van der Waals surface area contributed by atoms with Gasteiger partial charge in [-0.05, 0) is 24.6 Å². The molecule has 1 aromatic carbocycles. The van der Waals surface area contributed by atoms with Gasteiger partial charge in [-0.1, -0.05) is 35.0 Å². The number of rotatable bonds is 5. The minimum absolute atomic E-state index is 0.269. The summed E-state index contributed by atoms with van der Waals surface area (Å²) in [5.74, 6) is -0.320. The van der Waals surface area contributed by atoms with E-state index in [9.17, 15) is 9.59 Å². The van der Waals surface area contributed by atoms with E-state index in [0.29, 0.717) is 16.3 Å². The Morgan fingerprint density at radius 3 is 2.86 bits per heavy atom. The lowest BCUT2D eigenvalue weighted by Gasteiger charge is -2.02. The van der Waals surface area contributed by atoms with Crippen LogP contribution in [0.3, 0.4) is 0 Å². The summed E-state index contributed by atoms with van der Waals surface area (Å²) in [6, 6.07) is 8.60. The van der Waals surface area contributed by atoms with Gasteiger partial charge in [0, 0.05) is 17.2 Å². The number of nitrogens with zero attached hydrogens (tertiary/aromatic N) is 1. The Balaban J connectivity index is 1.80. The fraction of sp³-hybridized carbons (Fsp3) is 0.133. The van der Waals surface area contributed by atoms with Crippen molar-refractivity contribution in [2.24, 2.45) is 0 Å². The first-order valence-electron chi connectivity index (χ1n) is 6.37. The number of hydrogen-bond donors (Lipinski definition) is 1. The van der Waals surface area contributed by atoms with Crippen LogP contribution in [0.25, 0.3) is 6.08 Å². The smallest absolute Gasteiger partial charge is 0.331 e. The summed E-state index contributed by atoms with van der Waals surface area (Å²) in [6.45, 7) is 1.28. The van der Waals surface area contributed by atoms with Crippen LogP contribution in [0.1, 0.15) is 11.3 Å². The van der Waals surface area contributed by atoms with Gasteiger partial charge in [-0.25, -0.2) is 4.79 Å². The molecule has 7 heteroatoms. The number of carbonyl (C=O) groups excluding carboxylic acids is 2. The summed E-state index contributed by atoms with van der Waals surface area (Å²) in [6.07, 6.45) is 2.72. The number of anilines is 1. The molecule has 1 amide bonds. The second-order valence-electron chi connectivity index (χ2n) is 4.33. The van der Waals surface area contributed by atoms with Crippen LogP contribution in [0, 0.1) is 6.92 Å². The molecule has 2 rings (SSSR count). The van der Waals surface area contributed by atoms with Crippen LogP contribution in [0.5, 0.6) is 0 Å². The third kappa shape index (κ3) is 4.75. The number of carbonyl (C=O) groups is 2. The molecule has 1 aromatic heterocycles. The molecular weight excluding hydrogens is 308 g/mol. The highest BCUT2D eigenvalue weighted by atomic mass is 35.5. The van der Waals surface area contributed by atoms with Crippen LogP contribution in [-0.4, -0.2) is 23.6 Å². The van der Waals surface area contributed by atoms with E-state index >= 15 is 0 Å². The molecule has 0 fully saturated rings. The van der Waals surface area contributed by atoms with Gasteiger partial charge in [-0.3, -0.25) is 4.79 Å². The maximum atomic E-state index is 11.5. The predicted molar refractivity (Wildman–Crippen MR) is 81.3 cm³/mol. The number of nitrogens with one attached hydrogen (secondary N) is 1. The van der Waals surface area contributed by atoms with Crippen molar-refractivity contribution < 1.29 is 18.8 Å². The molecular formula is C15H13ClN2O4. The minimum Gasteiger partial charge on any atom is -0.452 e. The summed E-state index contributed by atoms with van der Waals surface area (Å²) in [5.41, 5.74) is 0.684. The molecule has 0 spiro atoms. The van der Waals surface area contributed by atoms with Crippen LogP contribution in [0.4, 0.5) is 5.82 Å². The summed E-state index contributed by atoms with van der Waals surface area (Å²) in [5, 5.41) is 6.55. The monoisotopic (exact) mass is 320 g/mol. The zero-order chi connectivity index (χ0) is 15.9. The molecule has 0 radical (unpaired) electrons. The zero-order valence-electron chi connectivity index (χ0n) is 11.7. The second kappa shape index (κ2) is 7.42. The van der Waals surface area contributed by atoms with Crippen LogP contribution in [0.2, 0.25) is 5.02 Å². The van der Waals surface area contributed by atoms with Crippen molar-refractivity contribution in [3.05, 3.63) is 52.8 Å². The highest BCUT2D eigenvalue weighted by Crippen LogP contribution is 2.16. The van der Waals surface area contributed by atoms with Gasteiger partial charge in [-0.15, -0.1) is 0 Å². The van der Waals surface area contributed by atoms with Crippen LogP contribution in [-0.2, 0) is 14.3 Å². The lowest BCUT2D eigenvalue weighted by atomic mass is 10.2. The molecule has 1 heterocycles. The Morgan fingerprint density at radius 1 is 1.41 bits per heavy atom. The standard InChI is InChI=1S/C15H13ClN2O4/c1-10-8-13(18-22-10)17-14(19)9-21-15(20)7-6-11-4-2-3-5-12(11)16/h2-8H,9H2,1H3,(H,17,18,19)/b7-6+. The summed E-state index contributed by atoms with van der Waals surface area (Å²) in [7, 11) is 0. The number of halogens is 1. The van der Waals surface area contributed by atoms with E-state index in [1.54, 1.807) is 37.3 Å². The van der Waals surface area contributed by atoms with Crippen molar-refractivity contribution in [2.45, 2.75) is 6.92 Å². The summed E-state index contributed by atoms with van der Waals surface area (Å²) >= 11 is 5.94. The van der Waals surface area contributed by atoms with E-state index in [1.165, 1.54) is 12.2 Å². The number of ether oxygens (including phenoxy) is 1. The minimum atomic E-state index is -0.647. The number of hydrogen-bond acceptors (Lipinski definition) is 5. The van der Waals surface area contributed by atoms with E-state index < -0.39 is 18.5 Å². The van der Waals surface area contributed by atoms with Crippen molar-refractivity contribution in [1.29, 1.82) is 0 Å². The van der Waals surface area contributed by atoms with Crippen LogP contribution < -0.4 is 5.32 Å². The van der Waals surface area contributed by atoms with Gasteiger partial charge in [0.05, 0.1) is 0 Å². The molecule has 6 nitrogen and oxygen atoms in total. The van der Waals surface area contributed by atoms with Gasteiger partial charge >= 0.3 is 5.97 Å². The third-order valence-corrected chi connectivity index (χ3v) is 2.89. The van der Waals surface area contributed by atoms with Gasteiger partial charge < -0.3 is 14.6 Å². The molecule has 0 aliphatic rings. The van der Waals surface area contributed by atoms with Crippen LogP contribution in [0.15, 0.2) is 40.9 Å². The second-order valence-corrected chi connectivity index (χ2v) is 4.74. The Bertz CT molecular complexity index is 709. The molecule has 0 bridgehead atoms. The third-order valence-electron chi connectivity index (χ3n) is 2.55. The Morgan fingerprint density at radius 2 is 2.18 bits per heavy atom.